The van der Waals surface area contributed by atoms with E-state index in [-0.39, 0.29) is 11.9 Å². The van der Waals surface area contributed by atoms with Crippen LogP contribution in [0.4, 0.5) is 0 Å². The van der Waals surface area contributed by atoms with Gasteiger partial charge >= 0.3 is 0 Å². The fraction of sp³-hybridized carbons (Fsp3) is 0.500. The normalized spacial score (nSPS) is 16.7. The van der Waals surface area contributed by atoms with Gasteiger partial charge in [0.15, 0.2) is 0 Å². The molecule has 1 aromatic heterocycles. The van der Waals surface area contributed by atoms with E-state index in [0.717, 1.165) is 24.2 Å². The van der Waals surface area contributed by atoms with Crippen molar-refractivity contribution in [3.63, 3.8) is 0 Å². The van der Waals surface area contributed by atoms with Crippen molar-refractivity contribution in [3.8, 4) is 5.75 Å². The summed E-state index contributed by atoms with van der Waals surface area (Å²) in [6, 6.07) is 7.80. The molecule has 24 heavy (non-hydrogen) atoms. The van der Waals surface area contributed by atoms with Crippen LogP contribution in [0.15, 0.2) is 36.7 Å². The first-order chi connectivity index (χ1) is 11.6. The van der Waals surface area contributed by atoms with Crippen molar-refractivity contribution in [2.75, 3.05) is 7.11 Å². The molecule has 128 valence electrons. The number of amides is 1. The van der Waals surface area contributed by atoms with Gasteiger partial charge in [-0.3, -0.25) is 9.48 Å². The third kappa shape index (κ3) is 3.13. The van der Waals surface area contributed by atoms with Crippen LogP contribution < -0.4 is 10.1 Å². The molecule has 0 saturated heterocycles. The van der Waals surface area contributed by atoms with Crippen molar-refractivity contribution in [1.82, 2.24) is 20.3 Å². The lowest BCUT2D eigenvalue weighted by Crippen LogP contribution is -2.46. The van der Waals surface area contributed by atoms with E-state index in [9.17, 15) is 4.79 Å². The summed E-state index contributed by atoms with van der Waals surface area (Å²) < 4.78 is 7.21. The number of hydrogen-bond donors (Lipinski definition) is 1. The predicted octanol–water partition coefficient (Wildman–Crippen LogP) is 2.16. The molecular formula is C18H24N4O2. The second-order valence-corrected chi connectivity index (χ2v) is 6.73. The van der Waals surface area contributed by atoms with Gasteiger partial charge in [-0.05, 0) is 24.8 Å². The maximum absolute atomic E-state index is 13.0. The molecule has 1 atom stereocenters. The Balaban J connectivity index is 1.77. The van der Waals surface area contributed by atoms with Crippen LogP contribution >= 0.6 is 0 Å². The molecule has 1 amide bonds. The number of methoxy groups -OCH3 is 1. The van der Waals surface area contributed by atoms with Gasteiger partial charge in [0.05, 0.1) is 31.3 Å². The van der Waals surface area contributed by atoms with Gasteiger partial charge in [0.2, 0.25) is 5.91 Å². The number of hydrogen-bond acceptors (Lipinski definition) is 4. The fourth-order valence-electron chi connectivity index (χ4n) is 3.04. The van der Waals surface area contributed by atoms with E-state index in [1.165, 1.54) is 0 Å². The Morgan fingerprint density at radius 3 is 2.71 bits per heavy atom. The lowest BCUT2D eigenvalue weighted by Gasteiger charge is -2.26. The highest BCUT2D eigenvalue weighted by Crippen LogP contribution is 2.51. The lowest BCUT2D eigenvalue weighted by molar-refractivity contribution is -0.124. The Bertz CT molecular complexity index is 693. The van der Waals surface area contributed by atoms with Crippen LogP contribution in [-0.2, 0) is 16.8 Å². The van der Waals surface area contributed by atoms with E-state index in [0.29, 0.717) is 12.5 Å². The number of nitrogens with one attached hydrogen (secondary N) is 1. The van der Waals surface area contributed by atoms with E-state index < -0.39 is 5.41 Å². The zero-order valence-electron chi connectivity index (χ0n) is 14.4. The first kappa shape index (κ1) is 16.5. The number of nitrogens with zero attached hydrogens (tertiary/aromatic N) is 3. The van der Waals surface area contributed by atoms with Crippen LogP contribution in [0.2, 0.25) is 0 Å². The van der Waals surface area contributed by atoms with Crippen molar-refractivity contribution < 1.29 is 9.53 Å². The average Bonchev–Trinajstić information content (AvgIpc) is 3.24. The Kier molecular flexibility index (Phi) is 4.55. The summed E-state index contributed by atoms with van der Waals surface area (Å²) in [5.74, 6) is 1.15. The monoisotopic (exact) mass is 328 g/mol. The molecule has 1 N–H and O–H groups in total. The van der Waals surface area contributed by atoms with E-state index in [2.05, 4.69) is 29.5 Å². The van der Waals surface area contributed by atoms with E-state index >= 15 is 0 Å². The van der Waals surface area contributed by atoms with Crippen LogP contribution in [-0.4, -0.2) is 34.1 Å². The SMILES string of the molecule is COc1ccccc1C1(C(=O)N[C@@H](Cn2ccnn2)C(C)C)CC1. The summed E-state index contributed by atoms with van der Waals surface area (Å²) in [4.78, 5) is 13.0. The van der Waals surface area contributed by atoms with Gasteiger partial charge < -0.3 is 10.1 Å². The number of aromatic nitrogens is 3. The van der Waals surface area contributed by atoms with Crippen molar-refractivity contribution in [3.05, 3.63) is 42.2 Å². The summed E-state index contributed by atoms with van der Waals surface area (Å²) >= 11 is 0. The van der Waals surface area contributed by atoms with Gasteiger partial charge in [0.1, 0.15) is 5.75 Å². The maximum Gasteiger partial charge on any atom is 0.231 e. The summed E-state index contributed by atoms with van der Waals surface area (Å²) in [7, 11) is 1.65. The molecule has 1 fully saturated rings. The van der Waals surface area contributed by atoms with Crippen LogP contribution in [0.5, 0.6) is 5.75 Å². The number of rotatable bonds is 7. The average molecular weight is 328 g/mol. The molecule has 0 unspecified atom stereocenters. The van der Waals surface area contributed by atoms with E-state index in [1.54, 1.807) is 18.0 Å². The number of benzene rings is 1. The summed E-state index contributed by atoms with van der Waals surface area (Å²) in [5.41, 5.74) is 0.524. The number of carbonyl (C=O) groups excluding carboxylic acids is 1. The van der Waals surface area contributed by atoms with E-state index in [1.807, 2.05) is 30.5 Å². The molecule has 0 spiro atoms. The smallest absolute Gasteiger partial charge is 0.231 e. The largest absolute Gasteiger partial charge is 0.496 e. The Morgan fingerprint density at radius 1 is 1.38 bits per heavy atom. The van der Waals surface area contributed by atoms with Crippen LogP contribution in [0.1, 0.15) is 32.3 Å². The summed E-state index contributed by atoms with van der Waals surface area (Å²) in [5, 5.41) is 11.1. The third-order valence-electron chi connectivity index (χ3n) is 4.78. The molecule has 0 radical (unpaired) electrons. The molecule has 0 aliphatic heterocycles. The molecule has 1 heterocycles. The Hall–Kier alpha value is -2.37. The number of para-hydroxylation sites is 1. The van der Waals surface area contributed by atoms with Crippen LogP contribution in [0.25, 0.3) is 0 Å². The molecule has 6 nitrogen and oxygen atoms in total. The summed E-state index contributed by atoms with van der Waals surface area (Å²) in [6.45, 7) is 4.82. The molecule has 2 aromatic rings. The highest BCUT2D eigenvalue weighted by Gasteiger charge is 2.53. The lowest BCUT2D eigenvalue weighted by atomic mass is 9.92. The predicted molar refractivity (Wildman–Crippen MR) is 90.7 cm³/mol. The summed E-state index contributed by atoms with van der Waals surface area (Å²) in [6.07, 6.45) is 5.17. The number of carbonyl (C=O) groups is 1. The fourth-order valence-corrected chi connectivity index (χ4v) is 3.04. The van der Waals surface area contributed by atoms with Crippen LogP contribution in [0.3, 0.4) is 0 Å². The van der Waals surface area contributed by atoms with Crippen molar-refractivity contribution in [2.45, 2.75) is 44.7 Å². The molecule has 1 aliphatic carbocycles. The van der Waals surface area contributed by atoms with Crippen LogP contribution in [0, 0.1) is 5.92 Å². The standard InChI is InChI=1S/C18H24N4O2/c1-13(2)15(12-22-11-10-19-21-22)20-17(23)18(8-9-18)14-6-4-5-7-16(14)24-3/h4-7,10-11,13,15H,8-9,12H2,1-3H3,(H,20,23)/t15-/m0/s1. The highest BCUT2D eigenvalue weighted by molar-refractivity contribution is 5.92. The molecule has 1 aliphatic rings. The zero-order valence-corrected chi connectivity index (χ0v) is 14.4. The van der Waals surface area contributed by atoms with Gasteiger partial charge in [-0.15, -0.1) is 5.10 Å². The first-order valence-electron chi connectivity index (χ1n) is 8.35. The molecular weight excluding hydrogens is 304 g/mol. The topological polar surface area (TPSA) is 69.0 Å². The molecule has 0 bridgehead atoms. The second-order valence-electron chi connectivity index (χ2n) is 6.73. The quantitative estimate of drug-likeness (QED) is 0.845. The van der Waals surface area contributed by atoms with E-state index in [4.69, 9.17) is 4.74 Å². The van der Waals surface area contributed by atoms with Gasteiger partial charge in [0, 0.05) is 11.8 Å². The van der Waals surface area contributed by atoms with Crippen molar-refractivity contribution in [2.24, 2.45) is 5.92 Å². The first-order valence-corrected chi connectivity index (χ1v) is 8.35. The van der Waals surface area contributed by atoms with Crippen molar-refractivity contribution in [1.29, 1.82) is 0 Å². The van der Waals surface area contributed by atoms with Gasteiger partial charge in [-0.25, -0.2) is 0 Å². The van der Waals surface area contributed by atoms with Gasteiger partial charge in [0.25, 0.3) is 0 Å². The molecule has 1 saturated carbocycles. The Morgan fingerprint density at radius 2 is 2.12 bits per heavy atom. The molecule has 3 rings (SSSR count). The highest BCUT2D eigenvalue weighted by atomic mass is 16.5. The number of ether oxygens (including phenoxy) is 1. The minimum Gasteiger partial charge on any atom is -0.496 e. The van der Waals surface area contributed by atoms with Gasteiger partial charge in [-0.2, -0.15) is 0 Å². The molecule has 6 heteroatoms. The van der Waals surface area contributed by atoms with Crippen molar-refractivity contribution >= 4 is 5.91 Å². The van der Waals surface area contributed by atoms with Gasteiger partial charge in [-0.1, -0.05) is 37.3 Å². The maximum atomic E-state index is 13.0. The third-order valence-corrected chi connectivity index (χ3v) is 4.78. The second kappa shape index (κ2) is 6.63. The molecule has 1 aromatic carbocycles. The zero-order chi connectivity index (χ0) is 17.2. The minimum atomic E-state index is -0.456. The minimum absolute atomic E-state index is 0.00591. The Labute approximate surface area is 142 Å².